The third-order valence-electron chi connectivity index (χ3n) is 2.71. The average Bonchev–Trinajstić information content (AvgIpc) is 2.37. The molecule has 1 heterocycles. The predicted molar refractivity (Wildman–Crippen MR) is 74.4 cm³/mol. The highest BCUT2D eigenvalue weighted by molar-refractivity contribution is 9.11. The van der Waals surface area contributed by atoms with E-state index in [0.29, 0.717) is 0 Å². The fourth-order valence-electron chi connectivity index (χ4n) is 1.93. The second kappa shape index (κ2) is 4.48. The number of allylic oxidation sites excluding steroid dienone is 1. The molecule has 0 amide bonds. The number of halogens is 1. The van der Waals surface area contributed by atoms with Crippen molar-refractivity contribution >= 4 is 23.5 Å². The lowest BCUT2D eigenvalue weighted by Crippen LogP contribution is -2.26. The van der Waals surface area contributed by atoms with Crippen LogP contribution in [0.3, 0.4) is 0 Å². The first-order valence-electron chi connectivity index (χ1n) is 5.68. The maximum Gasteiger partial charge on any atom is 0.359 e. The molecule has 100 valence electrons. The van der Waals surface area contributed by atoms with E-state index in [4.69, 9.17) is 9.05 Å². The summed E-state index contributed by atoms with van der Waals surface area (Å²) in [5.41, 5.74) is -0.371. The highest BCUT2D eigenvalue weighted by atomic mass is 79.9. The minimum atomic E-state index is -3.16. The van der Waals surface area contributed by atoms with Crippen LogP contribution in [0.5, 0.6) is 0 Å². The van der Waals surface area contributed by atoms with E-state index in [1.54, 1.807) is 0 Å². The molecule has 1 rings (SSSR count). The molecule has 0 unspecified atom stereocenters. The van der Waals surface area contributed by atoms with Crippen molar-refractivity contribution in [3.8, 4) is 0 Å². The Kier molecular flexibility index (Phi) is 4.07. The predicted octanol–water partition coefficient (Wildman–Crippen LogP) is 4.92. The first-order valence-corrected chi connectivity index (χ1v) is 8.02. The van der Waals surface area contributed by atoms with Gasteiger partial charge in [0.25, 0.3) is 0 Å². The monoisotopic (exact) mass is 324 g/mol. The summed E-state index contributed by atoms with van der Waals surface area (Å²) in [7, 11) is -1.72. The van der Waals surface area contributed by atoms with Gasteiger partial charge >= 0.3 is 7.60 Å². The van der Waals surface area contributed by atoms with Crippen LogP contribution in [0.4, 0.5) is 0 Å². The minimum Gasteiger partial charge on any atom is -0.309 e. The van der Waals surface area contributed by atoms with Crippen LogP contribution in [0, 0.1) is 10.8 Å². The average molecular weight is 325 g/mol. The molecule has 1 aliphatic rings. The van der Waals surface area contributed by atoms with E-state index < -0.39 is 7.60 Å². The molecule has 0 aromatic heterocycles. The van der Waals surface area contributed by atoms with Crippen molar-refractivity contribution in [1.29, 1.82) is 0 Å². The second-order valence-electron chi connectivity index (χ2n) is 6.48. The van der Waals surface area contributed by atoms with Crippen molar-refractivity contribution in [2.24, 2.45) is 10.8 Å². The zero-order valence-electron chi connectivity index (χ0n) is 11.6. The molecule has 0 N–H and O–H groups in total. The number of rotatable bonds is 1. The fraction of sp³-hybridized carbons (Fsp3) is 0.833. The van der Waals surface area contributed by atoms with Crippen LogP contribution in [0.25, 0.3) is 0 Å². The molecule has 3 nitrogen and oxygen atoms in total. The molecule has 5 heteroatoms. The minimum absolute atomic E-state index is 0.125. The Balaban J connectivity index is 3.36. The van der Waals surface area contributed by atoms with Crippen LogP contribution in [0.2, 0.25) is 0 Å². The van der Waals surface area contributed by atoms with E-state index in [2.05, 4.69) is 36.7 Å². The van der Waals surface area contributed by atoms with E-state index in [1.165, 1.54) is 7.11 Å². The van der Waals surface area contributed by atoms with Gasteiger partial charge in [-0.25, -0.2) is 0 Å². The van der Waals surface area contributed by atoms with Crippen molar-refractivity contribution in [1.82, 2.24) is 0 Å². The molecule has 0 saturated heterocycles. The van der Waals surface area contributed by atoms with E-state index in [9.17, 15) is 4.57 Å². The molecule has 0 aromatic rings. The van der Waals surface area contributed by atoms with E-state index >= 15 is 0 Å². The molecule has 2 atom stereocenters. The zero-order chi connectivity index (χ0) is 13.6. The van der Waals surface area contributed by atoms with Gasteiger partial charge in [-0.15, -0.1) is 0 Å². The Labute approximate surface area is 113 Å². The Morgan fingerprint density at radius 2 is 1.71 bits per heavy atom. The summed E-state index contributed by atoms with van der Waals surface area (Å²) >= 11 is 3.56. The van der Waals surface area contributed by atoms with Crippen LogP contribution in [-0.4, -0.2) is 13.2 Å². The maximum atomic E-state index is 12.7. The zero-order valence-corrected chi connectivity index (χ0v) is 14.1. The van der Waals surface area contributed by atoms with Crippen molar-refractivity contribution in [2.45, 2.75) is 47.6 Å². The summed E-state index contributed by atoms with van der Waals surface area (Å²) in [6.45, 7) is 12.2. The molecule has 17 heavy (non-hydrogen) atoms. The van der Waals surface area contributed by atoms with E-state index in [-0.39, 0.29) is 16.9 Å². The summed E-state index contributed by atoms with van der Waals surface area (Å²) in [5, 5.41) is 0.757. The largest absolute Gasteiger partial charge is 0.359 e. The summed E-state index contributed by atoms with van der Waals surface area (Å²) in [6, 6.07) is 0. The van der Waals surface area contributed by atoms with Crippen molar-refractivity contribution in [2.75, 3.05) is 7.11 Å². The lowest BCUT2D eigenvalue weighted by molar-refractivity contribution is 0.116. The molecular weight excluding hydrogens is 303 g/mol. The Morgan fingerprint density at radius 3 is 1.94 bits per heavy atom. The fourth-order valence-corrected chi connectivity index (χ4v) is 6.38. The quantitative estimate of drug-likeness (QED) is 0.642. The molecule has 0 fully saturated rings. The Morgan fingerprint density at radius 1 is 1.24 bits per heavy atom. The molecule has 0 aromatic carbocycles. The van der Waals surface area contributed by atoms with Crippen molar-refractivity contribution in [3.05, 3.63) is 9.80 Å². The molecule has 0 aliphatic carbocycles. The second-order valence-corrected chi connectivity index (χ2v) is 9.35. The van der Waals surface area contributed by atoms with Crippen LogP contribution in [-0.2, 0) is 13.6 Å². The maximum absolute atomic E-state index is 12.7. The lowest BCUT2D eigenvalue weighted by atomic mass is 9.86. The standard InChI is InChI=1S/C12H22BrO3P/c1-11(2,3)9-8(13)10(12(4,5)6)17(14,15-7)16-9/h9H,1-7H3/t9-,17-/m1/s1. The van der Waals surface area contributed by atoms with Crippen molar-refractivity contribution in [3.63, 3.8) is 0 Å². The summed E-state index contributed by atoms with van der Waals surface area (Å²) < 4.78 is 24.5. The molecule has 0 radical (unpaired) electrons. The van der Waals surface area contributed by atoms with Crippen LogP contribution >= 0.6 is 23.5 Å². The first-order chi connectivity index (χ1) is 7.43. The Bertz CT molecular complexity index is 388. The van der Waals surface area contributed by atoms with Gasteiger partial charge in [-0.05, 0) is 10.8 Å². The van der Waals surface area contributed by atoms with Gasteiger partial charge in [0.1, 0.15) is 6.10 Å². The van der Waals surface area contributed by atoms with Gasteiger partial charge in [-0.1, -0.05) is 57.5 Å². The van der Waals surface area contributed by atoms with Crippen LogP contribution in [0.1, 0.15) is 41.5 Å². The molecule has 1 aliphatic heterocycles. The van der Waals surface area contributed by atoms with Gasteiger partial charge in [-0.3, -0.25) is 9.09 Å². The third kappa shape index (κ3) is 2.86. The smallest absolute Gasteiger partial charge is 0.309 e. The van der Waals surface area contributed by atoms with Crippen LogP contribution in [0.15, 0.2) is 9.80 Å². The van der Waals surface area contributed by atoms with Crippen LogP contribution < -0.4 is 0 Å². The summed E-state index contributed by atoms with van der Waals surface area (Å²) in [6.07, 6.45) is -0.220. The normalized spacial score (nSPS) is 31.2. The highest BCUT2D eigenvalue weighted by Crippen LogP contribution is 2.70. The number of hydrogen-bond donors (Lipinski definition) is 0. The van der Waals surface area contributed by atoms with Gasteiger partial charge in [-0.2, -0.15) is 0 Å². The van der Waals surface area contributed by atoms with Gasteiger partial charge in [0.2, 0.25) is 0 Å². The molecule has 0 bridgehead atoms. The molecule has 0 spiro atoms. The SMILES string of the molecule is CO[P@@]1(=O)O[C@@H](C(C)(C)C)C(Br)=C1C(C)(C)C. The topological polar surface area (TPSA) is 35.5 Å². The lowest BCUT2D eigenvalue weighted by Gasteiger charge is -2.27. The van der Waals surface area contributed by atoms with Gasteiger partial charge in [0, 0.05) is 11.6 Å². The van der Waals surface area contributed by atoms with E-state index in [1.807, 2.05) is 20.8 Å². The van der Waals surface area contributed by atoms with E-state index in [0.717, 1.165) is 9.80 Å². The van der Waals surface area contributed by atoms with Gasteiger partial charge < -0.3 is 4.52 Å². The first kappa shape index (κ1) is 15.4. The van der Waals surface area contributed by atoms with Gasteiger partial charge in [0.15, 0.2) is 0 Å². The number of hydrogen-bond acceptors (Lipinski definition) is 3. The van der Waals surface area contributed by atoms with Gasteiger partial charge in [0.05, 0.1) is 5.31 Å². The highest BCUT2D eigenvalue weighted by Gasteiger charge is 2.51. The Hall–Kier alpha value is 0.370. The van der Waals surface area contributed by atoms with Crippen molar-refractivity contribution < 1.29 is 13.6 Å². The summed E-state index contributed by atoms with van der Waals surface area (Å²) in [5.74, 6) is 0. The molecule has 0 saturated carbocycles. The third-order valence-corrected chi connectivity index (χ3v) is 6.26. The summed E-state index contributed by atoms with van der Waals surface area (Å²) in [4.78, 5) is 0. The molecular formula is C12H22BrO3P.